The predicted molar refractivity (Wildman–Crippen MR) is 51.4 cm³/mol. The molecule has 1 aromatic rings. The Kier molecular flexibility index (Phi) is 2.93. The van der Waals surface area contributed by atoms with E-state index < -0.39 is 0 Å². The van der Waals surface area contributed by atoms with Crippen molar-refractivity contribution in [3.63, 3.8) is 0 Å². The summed E-state index contributed by atoms with van der Waals surface area (Å²) in [5, 5.41) is 0. The molecule has 1 aromatic heterocycles. The van der Waals surface area contributed by atoms with E-state index in [2.05, 4.69) is 6.92 Å². The van der Waals surface area contributed by atoms with Gasteiger partial charge >= 0.3 is 0 Å². The third kappa shape index (κ3) is 2.47. The number of aryl methyl sites for hydroxylation is 1. The lowest BCUT2D eigenvalue weighted by Gasteiger charge is -2.02. The Hall–Kier alpha value is -0.0500. The summed E-state index contributed by atoms with van der Waals surface area (Å²) in [5.74, 6) is 0. The molecule has 11 heavy (non-hydrogen) atoms. The molecule has 0 aliphatic rings. The zero-order valence-corrected chi connectivity index (χ0v) is 8.30. The van der Waals surface area contributed by atoms with E-state index in [1.165, 1.54) is 10.4 Å². The number of nitrogens with two attached hydrogens (primary N) is 1. The lowest BCUT2D eigenvalue weighted by Crippen LogP contribution is -2.17. The molecule has 0 saturated heterocycles. The summed E-state index contributed by atoms with van der Waals surface area (Å²) >= 11 is 7.45. The summed E-state index contributed by atoms with van der Waals surface area (Å²) in [6.07, 6.45) is 0.934. The van der Waals surface area contributed by atoms with Crippen LogP contribution in [0.25, 0.3) is 0 Å². The van der Waals surface area contributed by atoms with Gasteiger partial charge < -0.3 is 5.73 Å². The summed E-state index contributed by atoms with van der Waals surface area (Å²) in [7, 11) is 0. The first kappa shape index (κ1) is 9.04. The van der Waals surface area contributed by atoms with E-state index in [1.807, 2.05) is 13.0 Å². The zero-order chi connectivity index (χ0) is 8.43. The second-order valence-corrected chi connectivity index (χ2v) is 4.61. The molecule has 0 aliphatic carbocycles. The van der Waals surface area contributed by atoms with Crippen LogP contribution in [0.1, 0.15) is 17.4 Å². The first-order valence-electron chi connectivity index (χ1n) is 3.60. The van der Waals surface area contributed by atoms with Crippen LogP contribution in [0.2, 0.25) is 4.34 Å². The molecule has 0 bridgehead atoms. The van der Waals surface area contributed by atoms with E-state index in [0.717, 1.165) is 10.8 Å². The number of hydrogen-bond donors (Lipinski definition) is 1. The second-order valence-electron chi connectivity index (χ2n) is 2.84. The molecular formula is C8H12ClNS. The Bertz CT molecular complexity index is 242. The Morgan fingerprint density at radius 2 is 2.36 bits per heavy atom. The second kappa shape index (κ2) is 3.57. The summed E-state index contributed by atoms with van der Waals surface area (Å²) in [6, 6.07) is 2.22. The first-order valence-corrected chi connectivity index (χ1v) is 4.79. The van der Waals surface area contributed by atoms with Gasteiger partial charge in [-0.1, -0.05) is 11.6 Å². The quantitative estimate of drug-likeness (QED) is 0.761. The summed E-state index contributed by atoms with van der Waals surface area (Å²) in [5.41, 5.74) is 6.93. The van der Waals surface area contributed by atoms with Gasteiger partial charge in [0.25, 0.3) is 0 Å². The molecule has 0 aromatic carbocycles. The number of halogens is 1. The minimum Gasteiger partial charge on any atom is -0.328 e. The Morgan fingerprint density at radius 1 is 1.73 bits per heavy atom. The number of hydrogen-bond acceptors (Lipinski definition) is 2. The van der Waals surface area contributed by atoms with Crippen LogP contribution < -0.4 is 5.73 Å². The average molecular weight is 190 g/mol. The van der Waals surface area contributed by atoms with Crippen molar-refractivity contribution in [2.45, 2.75) is 26.3 Å². The van der Waals surface area contributed by atoms with Crippen LogP contribution in [0.15, 0.2) is 6.07 Å². The molecule has 1 unspecified atom stereocenters. The molecule has 62 valence electrons. The van der Waals surface area contributed by atoms with Crippen LogP contribution in [0.4, 0.5) is 0 Å². The van der Waals surface area contributed by atoms with Crippen molar-refractivity contribution in [3.8, 4) is 0 Å². The van der Waals surface area contributed by atoms with E-state index in [0.29, 0.717) is 0 Å². The molecule has 0 spiro atoms. The standard InChI is InChI=1S/C8H12ClNS/c1-5-3-8(9)11-7(5)4-6(2)10/h3,6H,4,10H2,1-2H3. The molecule has 1 rings (SSSR count). The van der Waals surface area contributed by atoms with Gasteiger partial charge in [-0.25, -0.2) is 0 Å². The van der Waals surface area contributed by atoms with Gasteiger partial charge in [0.15, 0.2) is 0 Å². The van der Waals surface area contributed by atoms with Gasteiger partial charge in [-0.05, 0) is 31.9 Å². The molecule has 1 atom stereocenters. The minimum atomic E-state index is 0.225. The van der Waals surface area contributed by atoms with Crippen LogP contribution in [-0.4, -0.2) is 6.04 Å². The molecule has 0 radical (unpaired) electrons. The van der Waals surface area contributed by atoms with E-state index in [1.54, 1.807) is 11.3 Å². The number of rotatable bonds is 2. The van der Waals surface area contributed by atoms with Gasteiger partial charge in [0.05, 0.1) is 4.34 Å². The molecule has 1 nitrogen and oxygen atoms in total. The fourth-order valence-electron chi connectivity index (χ4n) is 0.973. The normalized spacial score (nSPS) is 13.5. The molecule has 1 heterocycles. The van der Waals surface area contributed by atoms with Crippen LogP contribution >= 0.6 is 22.9 Å². The fraction of sp³-hybridized carbons (Fsp3) is 0.500. The highest BCUT2D eigenvalue weighted by Crippen LogP contribution is 2.26. The maximum Gasteiger partial charge on any atom is 0.0933 e. The maximum atomic E-state index is 5.83. The summed E-state index contributed by atoms with van der Waals surface area (Å²) in [4.78, 5) is 1.31. The molecular weight excluding hydrogens is 178 g/mol. The maximum absolute atomic E-state index is 5.83. The van der Waals surface area contributed by atoms with Crippen LogP contribution in [0.5, 0.6) is 0 Å². The Labute approximate surface area is 76.2 Å². The molecule has 0 fully saturated rings. The fourth-order valence-corrected chi connectivity index (χ4v) is 2.45. The lowest BCUT2D eigenvalue weighted by molar-refractivity contribution is 0.744. The van der Waals surface area contributed by atoms with Crippen LogP contribution in [0, 0.1) is 6.92 Å². The van der Waals surface area contributed by atoms with Gasteiger partial charge in [0.2, 0.25) is 0 Å². The van der Waals surface area contributed by atoms with E-state index in [4.69, 9.17) is 17.3 Å². The highest BCUT2D eigenvalue weighted by molar-refractivity contribution is 7.16. The molecule has 0 amide bonds. The highest BCUT2D eigenvalue weighted by Gasteiger charge is 2.05. The smallest absolute Gasteiger partial charge is 0.0933 e. The van der Waals surface area contributed by atoms with Crippen molar-refractivity contribution < 1.29 is 0 Å². The first-order chi connectivity index (χ1) is 5.09. The Morgan fingerprint density at radius 3 is 2.73 bits per heavy atom. The largest absolute Gasteiger partial charge is 0.328 e. The third-order valence-corrected chi connectivity index (χ3v) is 2.89. The van der Waals surface area contributed by atoms with Crippen molar-refractivity contribution >= 4 is 22.9 Å². The van der Waals surface area contributed by atoms with Crippen molar-refractivity contribution in [1.82, 2.24) is 0 Å². The highest BCUT2D eigenvalue weighted by atomic mass is 35.5. The molecule has 2 N–H and O–H groups in total. The predicted octanol–water partition coefficient (Wildman–Crippen LogP) is 2.60. The lowest BCUT2D eigenvalue weighted by atomic mass is 10.2. The van der Waals surface area contributed by atoms with Gasteiger partial charge in [-0.2, -0.15) is 0 Å². The van der Waals surface area contributed by atoms with Crippen molar-refractivity contribution in [1.29, 1.82) is 0 Å². The third-order valence-electron chi connectivity index (χ3n) is 1.50. The summed E-state index contributed by atoms with van der Waals surface area (Å²) < 4.78 is 0.859. The van der Waals surface area contributed by atoms with Gasteiger partial charge in [0.1, 0.15) is 0 Å². The van der Waals surface area contributed by atoms with E-state index >= 15 is 0 Å². The molecule has 0 saturated carbocycles. The Balaban J connectivity index is 2.77. The van der Waals surface area contributed by atoms with E-state index in [-0.39, 0.29) is 6.04 Å². The average Bonchev–Trinajstić information content (AvgIpc) is 2.09. The van der Waals surface area contributed by atoms with E-state index in [9.17, 15) is 0 Å². The van der Waals surface area contributed by atoms with Crippen LogP contribution in [0.3, 0.4) is 0 Å². The molecule has 3 heteroatoms. The van der Waals surface area contributed by atoms with Gasteiger partial charge in [-0.15, -0.1) is 11.3 Å². The van der Waals surface area contributed by atoms with Crippen molar-refractivity contribution in [2.75, 3.05) is 0 Å². The topological polar surface area (TPSA) is 26.0 Å². The van der Waals surface area contributed by atoms with Crippen LogP contribution in [-0.2, 0) is 6.42 Å². The monoisotopic (exact) mass is 189 g/mol. The summed E-state index contributed by atoms with van der Waals surface area (Å²) in [6.45, 7) is 4.08. The van der Waals surface area contributed by atoms with Crippen molar-refractivity contribution in [2.24, 2.45) is 5.73 Å². The number of thiophene rings is 1. The SMILES string of the molecule is Cc1cc(Cl)sc1CC(C)N. The van der Waals surface area contributed by atoms with Crippen molar-refractivity contribution in [3.05, 3.63) is 20.8 Å². The van der Waals surface area contributed by atoms with Gasteiger partial charge in [0, 0.05) is 10.9 Å². The minimum absolute atomic E-state index is 0.225. The van der Waals surface area contributed by atoms with Gasteiger partial charge in [-0.3, -0.25) is 0 Å². The molecule has 0 aliphatic heterocycles. The zero-order valence-electron chi connectivity index (χ0n) is 6.73.